The lowest BCUT2D eigenvalue weighted by Crippen LogP contribution is -2.00. The average Bonchev–Trinajstić information content (AvgIpc) is 3.39. The molecule has 2 aromatic carbocycles. The SMILES string of the molecule is O=C(O)c1oc(C(=O)c2c[nH]c3c(CCCCCO)cccc23)c(O)c1-c1ccccc1. The fourth-order valence-electron chi connectivity index (χ4n) is 3.94. The Balaban J connectivity index is 1.73. The minimum Gasteiger partial charge on any atom is -0.504 e. The molecule has 0 radical (unpaired) electrons. The number of carboxylic acids is 1. The van der Waals surface area contributed by atoms with Crippen LogP contribution in [0, 0.1) is 0 Å². The van der Waals surface area contributed by atoms with Crippen molar-refractivity contribution in [3.63, 3.8) is 0 Å². The van der Waals surface area contributed by atoms with Gasteiger partial charge in [0, 0.05) is 23.7 Å². The van der Waals surface area contributed by atoms with E-state index in [4.69, 9.17) is 9.52 Å². The summed E-state index contributed by atoms with van der Waals surface area (Å²) in [5, 5.41) is 30.0. The molecule has 0 saturated carbocycles. The van der Waals surface area contributed by atoms with Crippen molar-refractivity contribution in [2.45, 2.75) is 25.7 Å². The molecule has 0 amide bonds. The Morgan fingerprint density at radius 1 is 0.938 bits per heavy atom. The number of aromatic carboxylic acids is 1. The molecule has 2 aromatic heterocycles. The molecule has 0 atom stereocenters. The first-order valence-corrected chi connectivity index (χ1v) is 10.4. The van der Waals surface area contributed by atoms with Crippen molar-refractivity contribution in [1.82, 2.24) is 4.98 Å². The second kappa shape index (κ2) is 9.11. The number of H-pyrrole nitrogens is 1. The second-order valence-corrected chi connectivity index (χ2v) is 7.56. The average molecular weight is 433 g/mol. The van der Waals surface area contributed by atoms with Gasteiger partial charge in [0.15, 0.2) is 5.75 Å². The fourth-order valence-corrected chi connectivity index (χ4v) is 3.94. The maximum atomic E-state index is 13.3. The number of aromatic amines is 1. The first-order chi connectivity index (χ1) is 15.5. The van der Waals surface area contributed by atoms with Crippen molar-refractivity contribution < 1.29 is 29.3 Å². The molecular weight excluding hydrogens is 410 g/mol. The zero-order valence-electron chi connectivity index (χ0n) is 17.3. The third-order valence-electron chi connectivity index (χ3n) is 5.50. The highest BCUT2D eigenvalue weighted by molar-refractivity contribution is 6.18. The highest BCUT2D eigenvalue weighted by Gasteiger charge is 2.31. The number of aromatic nitrogens is 1. The Labute approximate surface area is 183 Å². The first kappa shape index (κ1) is 21.4. The highest BCUT2D eigenvalue weighted by Crippen LogP contribution is 2.40. The Kier molecular flexibility index (Phi) is 6.09. The van der Waals surface area contributed by atoms with Gasteiger partial charge in [0.25, 0.3) is 0 Å². The molecule has 0 spiro atoms. The molecule has 0 aliphatic carbocycles. The first-order valence-electron chi connectivity index (χ1n) is 10.4. The number of rotatable bonds is 9. The minimum absolute atomic E-state index is 0.0223. The molecular formula is C25H23NO6. The molecule has 7 nitrogen and oxygen atoms in total. The summed E-state index contributed by atoms with van der Waals surface area (Å²) in [6, 6.07) is 14.1. The number of carbonyl (C=O) groups is 2. The number of carbonyl (C=O) groups excluding carboxylic acids is 1. The van der Waals surface area contributed by atoms with E-state index >= 15 is 0 Å². The lowest BCUT2D eigenvalue weighted by Gasteiger charge is -2.04. The highest BCUT2D eigenvalue weighted by atomic mass is 16.4. The summed E-state index contributed by atoms with van der Waals surface area (Å²) >= 11 is 0. The van der Waals surface area contributed by atoms with Crippen molar-refractivity contribution in [3.8, 4) is 16.9 Å². The maximum absolute atomic E-state index is 13.3. The van der Waals surface area contributed by atoms with Crippen LogP contribution in [-0.4, -0.2) is 38.7 Å². The van der Waals surface area contributed by atoms with Crippen LogP contribution in [-0.2, 0) is 6.42 Å². The molecule has 0 saturated heterocycles. The number of hydrogen-bond acceptors (Lipinski definition) is 5. The third kappa shape index (κ3) is 3.90. The van der Waals surface area contributed by atoms with Crippen molar-refractivity contribution in [3.05, 3.63) is 77.4 Å². The maximum Gasteiger partial charge on any atom is 0.372 e. The number of aromatic hydroxyl groups is 1. The third-order valence-corrected chi connectivity index (χ3v) is 5.50. The van der Waals surface area contributed by atoms with E-state index < -0.39 is 29.0 Å². The van der Waals surface area contributed by atoms with Crippen LogP contribution in [0.2, 0.25) is 0 Å². The predicted molar refractivity (Wildman–Crippen MR) is 119 cm³/mol. The monoisotopic (exact) mass is 433 g/mol. The molecule has 4 N–H and O–H groups in total. The van der Waals surface area contributed by atoms with E-state index in [1.54, 1.807) is 42.6 Å². The summed E-state index contributed by atoms with van der Waals surface area (Å²) in [7, 11) is 0. The molecule has 32 heavy (non-hydrogen) atoms. The standard InChI is InChI=1S/C25H23NO6/c27-13-6-2-5-10-16-11-7-12-17-18(14-26-20(16)17)21(28)24-22(29)19(23(32-24)25(30)31)15-8-3-1-4-9-15/h1,3-4,7-9,11-12,14,26-27,29H,2,5-6,10,13H2,(H,30,31). The van der Waals surface area contributed by atoms with Gasteiger partial charge >= 0.3 is 5.97 Å². The van der Waals surface area contributed by atoms with Crippen molar-refractivity contribution in [1.29, 1.82) is 0 Å². The fraction of sp³-hybridized carbons (Fsp3) is 0.200. The molecule has 0 unspecified atom stereocenters. The van der Waals surface area contributed by atoms with Crippen LogP contribution in [0.4, 0.5) is 0 Å². The van der Waals surface area contributed by atoms with E-state index in [-0.39, 0.29) is 17.7 Å². The van der Waals surface area contributed by atoms with Gasteiger partial charge in [0.05, 0.1) is 11.1 Å². The van der Waals surface area contributed by atoms with Gasteiger partial charge < -0.3 is 24.7 Å². The molecule has 2 heterocycles. The normalized spacial score (nSPS) is 11.2. The van der Waals surface area contributed by atoms with E-state index in [1.807, 2.05) is 12.1 Å². The van der Waals surface area contributed by atoms with Crippen LogP contribution in [0.15, 0.2) is 59.1 Å². The Hall–Kier alpha value is -3.84. The van der Waals surface area contributed by atoms with Crippen LogP contribution < -0.4 is 0 Å². The number of aliphatic hydroxyl groups is 1. The van der Waals surface area contributed by atoms with Gasteiger partial charge in [0.1, 0.15) is 0 Å². The largest absolute Gasteiger partial charge is 0.504 e. The summed E-state index contributed by atoms with van der Waals surface area (Å²) in [4.78, 5) is 28.1. The van der Waals surface area contributed by atoms with Crippen LogP contribution in [0.5, 0.6) is 5.75 Å². The van der Waals surface area contributed by atoms with Gasteiger partial charge in [-0.25, -0.2) is 4.79 Å². The number of furan rings is 1. The second-order valence-electron chi connectivity index (χ2n) is 7.56. The molecule has 0 aliphatic rings. The summed E-state index contributed by atoms with van der Waals surface area (Å²) < 4.78 is 5.38. The number of nitrogens with one attached hydrogen (secondary N) is 1. The number of fused-ring (bicyclic) bond motifs is 1. The molecule has 164 valence electrons. The Morgan fingerprint density at radius 3 is 2.44 bits per heavy atom. The Morgan fingerprint density at radius 2 is 1.72 bits per heavy atom. The number of aryl methyl sites for hydroxylation is 1. The van der Waals surface area contributed by atoms with Gasteiger partial charge in [-0.2, -0.15) is 0 Å². The number of hydrogen-bond donors (Lipinski definition) is 4. The lowest BCUT2D eigenvalue weighted by atomic mass is 10.0. The van der Waals surface area contributed by atoms with Crippen LogP contribution in [0.1, 0.15) is 51.5 Å². The van der Waals surface area contributed by atoms with Crippen LogP contribution in [0.25, 0.3) is 22.0 Å². The van der Waals surface area contributed by atoms with E-state index in [0.717, 1.165) is 36.8 Å². The van der Waals surface area contributed by atoms with Gasteiger partial charge in [0.2, 0.25) is 17.3 Å². The van der Waals surface area contributed by atoms with Crippen LogP contribution >= 0.6 is 0 Å². The zero-order chi connectivity index (χ0) is 22.7. The number of ketones is 1. The number of aliphatic hydroxyl groups excluding tert-OH is 1. The topological polar surface area (TPSA) is 124 Å². The Bertz CT molecular complexity index is 1270. The van der Waals surface area contributed by atoms with E-state index in [2.05, 4.69) is 4.98 Å². The predicted octanol–water partition coefficient (Wildman–Crippen LogP) is 4.77. The molecule has 0 bridgehead atoms. The summed E-state index contributed by atoms with van der Waals surface area (Å²) in [6.45, 7) is 0.168. The van der Waals surface area contributed by atoms with Gasteiger partial charge in [-0.3, -0.25) is 4.79 Å². The minimum atomic E-state index is -1.37. The van der Waals surface area contributed by atoms with Crippen molar-refractivity contribution >= 4 is 22.7 Å². The van der Waals surface area contributed by atoms with Gasteiger partial charge in [-0.05, 0) is 30.4 Å². The molecule has 4 aromatic rings. The number of carboxylic acid groups (broad SMARTS) is 1. The van der Waals surface area contributed by atoms with E-state index in [1.165, 1.54) is 0 Å². The van der Waals surface area contributed by atoms with E-state index in [0.29, 0.717) is 10.9 Å². The van der Waals surface area contributed by atoms with Crippen LogP contribution in [0.3, 0.4) is 0 Å². The zero-order valence-corrected chi connectivity index (χ0v) is 17.3. The number of para-hydroxylation sites is 1. The van der Waals surface area contributed by atoms with Crippen molar-refractivity contribution in [2.75, 3.05) is 6.61 Å². The summed E-state index contributed by atoms with van der Waals surface area (Å²) in [5.74, 6) is -3.36. The molecule has 7 heteroatoms. The smallest absolute Gasteiger partial charge is 0.372 e. The van der Waals surface area contributed by atoms with Gasteiger partial charge in [-0.15, -0.1) is 0 Å². The molecule has 0 aliphatic heterocycles. The van der Waals surface area contributed by atoms with E-state index in [9.17, 15) is 19.8 Å². The molecule has 4 rings (SSSR count). The summed E-state index contributed by atoms with van der Waals surface area (Å²) in [6.07, 6.45) is 4.90. The van der Waals surface area contributed by atoms with Gasteiger partial charge in [-0.1, -0.05) is 55.0 Å². The lowest BCUT2D eigenvalue weighted by molar-refractivity contribution is 0.0661. The molecule has 0 fully saturated rings. The summed E-state index contributed by atoms with van der Waals surface area (Å²) in [5.41, 5.74) is 2.56. The van der Waals surface area contributed by atoms with Crippen molar-refractivity contribution in [2.24, 2.45) is 0 Å². The number of benzene rings is 2. The quantitative estimate of drug-likeness (QED) is 0.223. The number of unbranched alkanes of at least 4 members (excludes halogenated alkanes) is 2.